The van der Waals surface area contributed by atoms with Crippen LogP contribution in [-0.4, -0.2) is 12.1 Å². The van der Waals surface area contributed by atoms with Gasteiger partial charge in [-0.25, -0.2) is 9.18 Å². The maximum absolute atomic E-state index is 12.9. The van der Waals surface area contributed by atoms with Gasteiger partial charge >= 0.3 is 6.03 Å². The standard InChI is InChI=1S/C13H19FN2O/c1-3-12(4-2)16-13(17)15-9-10-6-5-7-11(14)8-10/h5-8,12H,3-4,9H2,1-2H3,(H2,15,16,17). The molecular formula is C13H19FN2O. The molecule has 2 N–H and O–H groups in total. The molecule has 94 valence electrons. The minimum atomic E-state index is -0.287. The van der Waals surface area contributed by atoms with Gasteiger partial charge in [-0.2, -0.15) is 0 Å². The first-order valence-electron chi connectivity index (χ1n) is 5.94. The maximum Gasteiger partial charge on any atom is 0.315 e. The predicted molar refractivity (Wildman–Crippen MR) is 66.1 cm³/mol. The summed E-state index contributed by atoms with van der Waals surface area (Å²) < 4.78 is 12.9. The van der Waals surface area contributed by atoms with E-state index in [1.165, 1.54) is 12.1 Å². The van der Waals surface area contributed by atoms with Crippen molar-refractivity contribution in [1.29, 1.82) is 0 Å². The zero-order valence-electron chi connectivity index (χ0n) is 10.3. The number of urea groups is 1. The molecule has 17 heavy (non-hydrogen) atoms. The van der Waals surface area contributed by atoms with Crippen LogP contribution >= 0.6 is 0 Å². The van der Waals surface area contributed by atoms with Crippen molar-refractivity contribution in [1.82, 2.24) is 10.6 Å². The van der Waals surface area contributed by atoms with Crippen LogP contribution in [-0.2, 0) is 6.54 Å². The highest BCUT2D eigenvalue weighted by Crippen LogP contribution is 2.02. The van der Waals surface area contributed by atoms with Gasteiger partial charge in [0, 0.05) is 12.6 Å². The van der Waals surface area contributed by atoms with E-state index in [-0.39, 0.29) is 17.9 Å². The van der Waals surface area contributed by atoms with E-state index in [0.717, 1.165) is 18.4 Å². The molecular weight excluding hydrogens is 219 g/mol. The summed E-state index contributed by atoms with van der Waals surface area (Å²) in [4.78, 5) is 11.5. The summed E-state index contributed by atoms with van der Waals surface area (Å²) in [6, 6.07) is 6.20. The van der Waals surface area contributed by atoms with Crippen LogP contribution in [0.25, 0.3) is 0 Å². The summed E-state index contributed by atoms with van der Waals surface area (Å²) >= 11 is 0. The lowest BCUT2D eigenvalue weighted by Crippen LogP contribution is -2.41. The zero-order chi connectivity index (χ0) is 12.7. The molecule has 3 nitrogen and oxygen atoms in total. The monoisotopic (exact) mass is 238 g/mol. The van der Waals surface area contributed by atoms with E-state index in [1.54, 1.807) is 12.1 Å². The number of carbonyl (C=O) groups is 1. The van der Waals surface area contributed by atoms with Crippen molar-refractivity contribution in [3.05, 3.63) is 35.6 Å². The van der Waals surface area contributed by atoms with Crippen molar-refractivity contribution in [2.45, 2.75) is 39.3 Å². The van der Waals surface area contributed by atoms with E-state index in [9.17, 15) is 9.18 Å². The van der Waals surface area contributed by atoms with Gasteiger partial charge in [-0.3, -0.25) is 0 Å². The Labute approximate surface area is 101 Å². The fourth-order valence-corrected chi connectivity index (χ4v) is 1.56. The SMILES string of the molecule is CCC(CC)NC(=O)NCc1cccc(F)c1. The van der Waals surface area contributed by atoms with E-state index >= 15 is 0 Å². The van der Waals surface area contributed by atoms with E-state index in [4.69, 9.17) is 0 Å². The normalized spacial score (nSPS) is 10.4. The molecule has 0 spiro atoms. The molecule has 0 atom stereocenters. The molecule has 1 rings (SSSR count). The van der Waals surface area contributed by atoms with Crippen molar-refractivity contribution in [3.8, 4) is 0 Å². The van der Waals surface area contributed by atoms with Gasteiger partial charge in [0.2, 0.25) is 0 Å². The first-order valence-corrected chi connectivity index (χ1v) is 5.94. The van der Waals surface area contributed by atoms with Gasteiger partial charge in [-0.1, -0.05) is 26.0 Å². The molecule has 0 aliphatic carbocycles. The third kappa shape index (κ3) is 4.85. The Morgan fingerprint density at radius 1 is 1.35 bits per heavy atom. The second-order valence-corrected chi connectivity index (χ2v) is 3.97. The molecule has 0 aliphatic heterocycles. The van der Waals surface area contributed by atoms with Crippen LogP contribution in [0.2, 0.25) is 0 Å². The van der Waals surface area contributed by atoms with E-state index in [0.29, 0.717) is 6.54 Å². The average Bonchev–Trinajstić information content (AvgIpc) is 2.33. The third-order valence-corrected chi connectivity index (χ3v) is 2.66. The van der Waals surface area contributed by atoms with Crippen molar-refractivity contribution in [3.63, 3.8) is 0 Å². The molecule has 0 fully saturated rings. The second-order valence-electron chi connectivity index (χ2n) is 3.97. The van der Waals surface area contributed by atoms with Crippen LogP contribution in [0.1, 0.15) is 32.3 Å². The van der Waals surface area contributed by atoms with Crippen molar-refractivity contribution >= 4 is 6.03 Å². The lowest BCUT2D eigenvalue weighted by Gasteiger charge is -2.15. The Morgan fingerprint density at radius 2 is 2.06 bits per heavy atom. The highest BCUT2D eigenvalue weighted by atomic mass is 19.1. The molecule has 1 aromatic rings. The van der Waals surface area contributed by atoms with Gasteiger partial charge in [-0.15, -0.1) is 0 Å². The molecule has 0 saturated heterocycles. The molecule has 2 amide bonds. The minimum Gasteiger partial charge on any atom is -0.335 e. The lowest BCUT2D eigenvalue weighted by molar-refractivity contribution is 0.235. The van der Waals surface area contributed by atoms with Gasteiger partial charge in [-0.05, 0) is 30.5 Å². The smallest absolute Gasteiger partial charge is 0.315 e. The largest absolute Gasteiger partial charge is 0.335 e. The predicted octanol–water partition coefficient (Wildman–Crippen LogP) is 2.81. The number of carbonyl (C=O) groups excluding carboxylic acids is 1. The Balaban J connectivity index is 2.38. The van der Waals surface area contributed by atoms with Crippen LogP contribution in [0.3, 0.4) is 0 Å². The van der Waals surface area contributed by atoms with Crippen molar-refractivity contribution < 1.29 is 9.18 Å². The second kappa shape index (κ2) is 6.89. The van der Waals surface area contributed by atoms with E-state index < -0.39 is 0 Å². The fourth-order valence-electron chi connectivity index (χ4n) is 1.56. The first-order chi connectivity index (χ1) is 8.15. The summed E-state index contributed by atoms with van der Waals surface area (Å²) in [5.41, 5.74) is 0.754. The Hall–Kier alpha value is -1.58. The highest BCUT2D eigenvalue weighted by molar-refractivity contribution is 5.74. The quantitative estimate of drug-likeness (QED) is 0.813. The number of amides is 2. The van der Waals surface area contributed by atoms with E-state index in [2.05, 4.69) is 10.6 Å². The Morgan fingerprint density at radius 3 is 2.65 bits per heavy atom. The van der Waals surface area contributed by atoms with Gasteiger partial charge in [0.15, 0.2) is 0 Å². The molecule has 1 aromatic carbocycles. The number of hydrogen-bond donors (Lipinski definition) is 2. The number of hydrogen-bond acceptors (Lipinski definition) is 1. The maximum atomic E-state index is 12.9. The zero-order valence-corrected chi connectivity index (χ0v) is 10.3. The van der Waals surface area contributed by atoms with Crippen LogP contribution in [0.4, 0.5) is 9.18 Å². The molecule has 0 bridgehead atoms. The summed E-state index contributed by atoms with van der Waals surface area (Å²) in [5, 5.41) is 5.57. The highest BCUT2D eigenvalue weighted by Gasteiger charge is 2.07. The number of benzene rings is 1. The molecule has 0 saturated carbocycles. The van der Waals surface area contributed by atoms with Crippen LogP contribution < -0.4 is 10.6 Å². The van der Waals surface area contributed by atoms with Gasteiger partial charge in [0.1, 0.15) is 5.82 Å². The number of halogens is 1. The van der Waals surface area contributed by atoms with Crippen LogP contribution in [0, 0.1) is 5.82 Å². The third-order valence-electron chi connectivity index (χ3n) is 2.66. The van der Waals surface area contributed by atoms with Crippen LogP contribution in [0.5, 0.6) is 0 Å². The summed E-state index contributed by atoms with van der Waals surface area (Å²) in [5.74, 6) is -0.287. The Kier molecular flexibility index (Phi) is 5.46. The summed E-state index contributed by atoms with van der Waals surface area (Å²) in [6.07, 6.45) is 1.81. The molecule has 4 heteroatoms. The van der Waals surface area contributed by atoms with Crippen LogP contribution in [0.15, 0.2) is 24.3 Å². The summed E-state index contributed by atoms with van der Waals surface area (Å²) in [7, 11) is 0. The van der Waals surface area contributed by atoms with Gasteiger partial charge in [0.05, 0.1) is 0 Å². The fraction of sp³-hybridized carbons (Fsp3) is 0.462. The lowest BCUT2D eigenvalue weighted by atomic mass is 10.2. The molecule has 0 unspecified atom stereocenters. The topological polar surface area (TPSA) is 41.1 Å². The summed E-state index contributed by atoms with van der Waals surface area (Å²) in [6.45, 7) is 4.39. The minimum absolute atomic E-state index is 0.197. The van der Waals surface area contributed by atoms with Gasteiger partial charge < -0.3 is 10.6 Å². The molecule has 0 aliphatic rings. The van der Waals surface area contributed by atoms with E-state index in [1.807, 2.05) is 13.8 Å². The van der Waals surface area contributed by atoms with Gasteiger partial charge in [0.25, 0.3) is 0 Å². The number of nitrogens with one attached hydrogen (secondary N) is 2. The molecule has 0 radical (unpaired) electrons. The van der Waals surface area contributed by atoms with Crippen molar-refractivity contribution in [2.75, 3.05) is 0 Å². The molecule has 0 aromatic heterocycles. The number of rotatable bonds is 5. The first kappa shape index (κ1) is 13.5. The average molecular weight is 238 g/mol. The molecule has 0 heterocycles. The van der Waals surface area contributed by atoms with Crippen molar-refractivity contribution in [2.24, 2.45) is 0 Å². The Bertz CT molecular complexity index is 364.